The molecule has 0 N–H and O–H groups in total. The van der Waals surface area contributed by atoms with Gasteiger partial charge < -0.3 is 4.74 Å². The lowest BCUT2D eigenvalue weighted by Crippen LogP contribution is -2.14. The number of nitrogens with zero attached hydrogens (tertiary/aromatic N) is 5. The van der Waals surface area contributed by atoms with Gasteiger partial charge in [-0.05, 0) is 73.2 Å². The summed E-state index contributed by atoms with van der Waals surface area (Å²) in [7, 11) is -3.65. The van der Waals surface area contributed by atoms with E-state index in [0.717, 1.165) is 39.7 Å². The van der Waals surface area contributed by atoms with Gasteiger partial charge in [0.2, 0.25) is 0 Å². The first-order chi connectivity index (χ1) is 17.4. The van der Waals surface area contributed by atoms with Crippen molar-refractivity contribution in [3.63, 3.8) is 0 Å². The highest BCUT2D eigenvalue weighted by Crippen LogP contribution is 2.33. The van der Waals surface area contributed by atoms with Crippen molar-refractivity contribution in [1.29, 1.82) is 0 Å². The highest BCUT2D eigenvalue weighted by molar-refractivity contribution is 7.85. The maximum Gasteiger partial charge on any atom is 0.266 e. The van der Waals surface area contributed by atoms with Crippen LogP contribution in [0.4, 0.5) is 0 Å². The molecule has 0 aliphatic rings. The Hall–Kier alpha value is -4.15. The number of pyridine rings is 3. The van der Waals surface area contributed by atoms with E-state index in [2.05, 4.69) is 20.1 Å². The van der Waals surface area contributed by atoms with Crippen LogP contribution in [0.25, 0.3) is 33.4 Å². The van der Waals surface area contributed by atoms with Gasteiger partial charge in [-0.2, -0.15) is 13.5 Å². The molecule has 1 unspecified atom stereocenters. The standard InChI is InChI=1S/C26H23N5O4S/c1-18(35-36(2,32)33)31-16-23(19-11-14-27-15-12-19)26(30-31)20-5-8-22(9-6-20)34-17-21-7-10-24-25(29-21)4-3-13-28-24/h3-16,18H,17H2,1-2H3. The van der Waals surface area contributed by atoms with Gasteiger partial charge in [0.05, 0.1) is 23.0 Å². The summed E-state index contributed by atoms with van der Waals surface area (Å²) < 4.78 is 35.8. The number of aromatic nitrogens is 5. The van der Waals surface area contributed by atoms with Crippen LogP contribution in [0.2, 0.25) is 0 Å². The quantitative estimate of drug-likeness (QED) is 0.283. The summed E-state index contributed by atoms with van der Waals surface area (Å²) in [4.78, 5) is 13.0. The van der Waals surface area contributed by atoms with Gasteiger partial charge in [0.1, 0.15) is 18.1 Å². The Bertz CT molecular complexity index is 1600. The number of rotatable bonds is 8. The smallest absolute Gasteiger partial charge is 0.266 e. The number of hydrogen-bond donors (Lipinski definition) is 0. The number of ether oxygens (including phenoxy) is 1. The molecule has 0 saturated carbocycles. The van der Waals surface area contributed by atoms with Gasteiger partial charge in [0.25, 0.3) is 10.1 Å². The number of hydrogen-bond acceptors (Lipinski definition) is 8. The van der Waals surface area contributed by atoms with Crippen LogP contribution in [-0.4, -0.2) is 39.4 Å². The summed E-state index contributed by atoms with van der Waals surface area (Å²) in [5, 5.41) is 4.64. The molecule has 0 aliphatic heterocycles. The predicted molar refractivity (Wildman–Crippen MR) is 135 cm³/mol. The van der Waals surface area contributed by atoms with Crippen LogP contribution >= 0.6 is 0 Å². The van der Waals surface area contributed by atoms with Crippen molar-refractivity contribution in [2.45, 2.75) is 19.8 Å². The Morgan fingerprint density at radius 1 is 0.917 bits per heavy atom. The first kappa shape index (κ1) is 23.6. The van der Waals surface area contributed by atoms with Crippen molar-refractivity contribution >= 4 is 21.2 Å². The molecule has 0 amide bonds. The van der Waals surface area contributed by atoms with Gasteiger partial charge in [0, 0.05) is 35.9 Å². The van der Waals surface area contributed by atoms with Crippen molar-refractivity contribution in [1.82, 2.24) is 24.7 Å². The van der Waals surface area contributed by atoms with Crippen LogP contribution in [-0.2, 0) is 20.9 Å². The Morgan fingerprint density at radius 2 is 1.69 bits per heavy atom. The van der Waals surface area contributed by atoms with E-state index in [1.54, 1.807) is 31.7 Å². The summed E-state index contributed by atoms with van der Waals surface area (Å²) in [5.41, 5.74) is 5.71. The zero-order valence-corrected chi connectivity index (χ0v) is 20.5. The van der Waals surface area contributed by atoms with Crippen molar-refractivity contribution in [3.8, 4) is 28.1 Å². The maximum atomic E-state index is 11.6. The SMILES string of the molecule is CC(OS(C)(=O)=O)n1cc(-c2ccncc2)c(-c2ccc(OCc3ccc4ncccc4n3)cc2)n1. The fourth-order valence-corrected chi connectivity index (χ4v) is 4.37. The fourth-order valence-electron chi connectivity index (χ4n) is 3.78. The summed E-state index contributed by atoms with van der Waals surface area (Å²) in [6.07, 6.45) is 7.11. The molecular weight excluding hydrogens is 478 g/mol. The zero-order chi connectivity index (χ0) is 25.1. The predicted octanol–water partition coefficient (Wildman–Crippen LogP) is 4.63. The number of benzene rings is 1. The second-order valence-electron chi connectivity index (χ2n) is 8.16. The first-order valence-electron chi connectivity index (χ1n) is 11.2. The van der Waals surface area contributed by atoms with E-state index in [4.69, 9.17) is 8.92 Å². The lowest BCUT2D eigenvalue weighted by molar-refractivity contribution is 0.148. The molecule has 0 radical (unpaired) electrons. The van der Waals surface area contributed by atoms with E-state index in [-0.39, 0.29) is 0 Å². The molecule has 0 bridgehead atoms. The van der Waals surface area contributed by atoms with Crippen LogP contribution in [0.15, 0.2) is 85.5 Å². The molecule has 0 aliphatic carbocycles. The average Bonchev–Trinajstić information content (AvgIpc) is 3.33. The molecule has 36 heavy (non-hydrogen) atoms. The highest BCUT2D eigenvalue weighted by atomic mass is 32.2. The van der Waals surface area contributed by atoms with Crippen molar-refractivity contribution < 1.29 is 17.3 Å². The van der Waals surface area contributed by atoms with Gasteiger partial charge in [0.15, 0.2) is 6.23 Å². The highest BCUT2D eigenvalue weighted by Gasteiger charge is 2.19. The normalized spacial score (nSPS) is 12.5. The Balaban J connectivity index is 1.39. The third-order valence-corrected chi connectivity index (χ3v) is 6.07. The van der Waals surface area contributed by atoms with E-state index >= 15 is 0 Å². The summed E-state index contributed by atoms with van der Waals surface area (Å²) in [6.45, 7) is 1.95. The van der Waals surface area contributed by atoms with E-state index < -0.39 is 16.3 Å². The van der Waals surface area contributed by atoms with Gasteiger partial charge in [-0.15, -0.1) is 0 Å². The van der Waals surface area contributed by atoms with Gasteiger partial charge in [-0.3, -0.25) is 9.97 Å². The van der Waals surface area contributed by atoms with Gasteiger partial charge in [-0.25, -0.2) is 13.8 Å². The van der Waals surface area contributed by atoms with Crippen molar-refractivity contribution in [3.05, 3.63) is 91.1 Å². The Kier molecular flexibility index (Phi) is 6.45. The molecule has 4 aromatic heterocycles. The molecule has 5 rings (SSSR count). The van der Waals surface area contributed by atoms with E-state index in [1.165, 1.54) is 4.68 Å². The lowest BCUT2D eigenvalue weighted by atomic mass is 10.0. The summed E-state index contributed by atoms with van der Waals surface area (Å²) >= 11 is 0. The minimum absolute atomic E-state index is 0.321. The molecule has 182 valence electrons. The molecule has 0 spiro atoms. The van der Waals surface area contributed by atoms with E-state index in [1.807, 2.05) is 60.7 Å². The van der Waals surface area contributed by atoms with E-state index in [0.29, 0.717) is 18.1 Å². The van der Waals surface area contributed by atoms with Gasteiger partial charge >= 0.3 is 0 Å². The molecule has 0 saturated heterocycles. The summed E-state index contributed by atoms with van der Waals surface area (Å²) in [6, 6.07) is 18.9. The molecule has 9 nitrogen and oxygen atoms in total. The molecule has 10 heteroatoms. The molecule has 4 heterocycles. The minimum atomic E-state index is -3.65. The largest absolute Gasteiger partial charge is 0.487 e. The molecule has 1 aromatic carbocycles. The zero-order valence-electron chi connectivity index (χ0n) is 19.6. The fraction of sp³-hybridized carbons (Fsp3) is 0.154. The van der Waals surface area contributed by atoms with Gasteiger partial charge in [-0.1, -0.05) is 0 Å². The third kappa shape index (κ3) is 5.40. The molecule has 5 aromatic rings. The summed E-state index contributed by atoms with van der Waals surface area (Å²) in [5.74, 6) is 0.686. The monoisotopic (exact) mass is 501 g/mol. The minimum Gasteiger partial charge on any atom is -0.487 e. The molecule has 0 fully saturated rings. The lowest BCUT2D eigenvalue weighted by Gasteiger charge is -2.11. The van der Waals surface area contributed by atoms with Crippen LogP contribution in [0, 0.1) is 0 Å². The third-order valence-electron chi connectivity index (χ3n) is 5.44. The Morgan fingerprint density at radius 3 is 2.44 bits per heavy atom. The van der Waals surface area contributed by atoms with Crippen LogP contribution in [0.3, 0.4) is 0 Å². The second kappa shape index (κ2) is 9.84. The van der Waals surface area contributed by atoms with Crippen molar-refractivity contribution in [2.24, 2.45) is 0 Å². The van der Waals surface area contributed by atoms with E-state index in [9.17, 15) is 8.42 Å². The second-order valence-corrected chi connectivity index (χ2v) is 9.76. The Labute approximate surface area is 208 Å². The molecular formula is C26H23N5O4S. The number of fused-ring (bicyclic) bond motifs is 1. The van der Waals surface area contributed by atoms with Crippen molar-refractivity contribution in [2.75, 3.05) is 6.26 Å². The maximum absolute atomic E-state index is 11.6. The van der Waals surface area contributed by atoms with Crippen LogP contribution in [0.5, 0.6) is 5.75 Å². The van der Waals surface area contributed by atoms with Crippen LogP contribution < -0.4 is 4.74 Å². The molecule has 1 atom stereocenters. The average molecular weight is 502 g/mol. The van der Waals surface area contributed by atoms with Crippen LogP contribution in [0.1, 0.15) is 18.8 Å². The first-order valence-corrected chi connectivity index (χ1v) is 13.0. The topological polar surface area (TPSA) is 109 Å².